The molecular formula is C17H34N2. The molecule has 0 aromatic heterocycles. The molecule has 1 heterocycles. The first-order valence-electron chi connectivity index (χ1n) is 8.74. The van der Waals surface area contributed by atoms with Gasteiger partial charge in [0.15, 0.2) is 0 Å². The molecule has 19 heavy (non-hydrogen) atoms. The summed E-state index contributed by atoms with van der Waals surface area (Å²) in [6.07, 6.45) is 13.1. The van der Waals surface area contributed by atoms with Crippen LogP contribution in [0.15, 0.2) is 0 Å². The molecule has 2 fully saturated rings. The van der Waals surface area contributed by atoms with Crippen LogP contribution in [-0.4, -0.2) is 36.6 Å². The number of nitrogens with zero attached hydrogens (tertiary/aromatic N) is 1. The van der Waals surface area contributed by atoms with Gasteiger partial charge in [-0.15, -0.1) is 0 Å². The first-order chi connectivity index (χ1) is 9.27. The van der Waals surface area contributed by atoms with Gasteiger partial charge in [-0.1, -0.05) is 46.0 Å². The lowest BCUT2D eigenvalue weighted by Crippen LogP contribution is -2.50. The fourth-order valence-electron chi connectivity index (χ4n) is 3.85. The van der Waals surface area contributed by atoms with E-state index in [0.717, 1.165) is 18.0 Å². The summed E-state index contributed by atoms with van der Waals surface area (Å²) in [5.74, 6) is 0.773. The fraction of sp³-hybridized carbons (Fsp3) is 1.00. The second-order valence-electron chi connectivity index (χ2n) is 7.08. The smallest absolute Gasteiger partial charge is 0.0223 e. The Morgan fingerprint density at radius 2 is 1.63 bits per heavy atom. The summed E-state index contributed by atoms with van der Waals surface area (Å²) in [5, 5.41) is 3.70. The van der Waals surface area contributed by atoms with Crippen molar-refractivity contribution in [3.8, 4) is 0 Å². The van der Waals surface area contributed by atoms with Crippen LogP contribution in [-0.2, 0) is 0 Å². The maximum Gasteiger partial charge on any atom is 0.0223 e. The number of rotatable bonds is 5. The van der Waals surface area contributed by atoms with E-state index in [9.17, 15) is 0 Å². The Balaban J connectivity index is 1.83. The van der Waals surface area contributed by atoms with Gasteiger partial charge in [0.25, 0.3) is 0 Å². The minimum Gasteiger partial charge on any atom is -0.315 e. The summed E-state index contributed by atoms with van der Waals surface area (Å²) in [4.78, 5) is 2.88. The predicted molar refractivity (Wildman–Crippen MR) is 83.5 cm³/mol. The van der Waals surface area contributed by atoms with Gasteiger partial charge in [0.1, 0.15) is 0 Å². The quantitative estimate of drug-likeness (QED) is 0.761. The standard InChI is InChI=1S/C17H34N2/c1-15(2)13-18-14-17-11-7-8-12-19(17)16-9-5-3-4-6-10-16/h15-18H,3-14H2,1-2H3. The zero-order chi connectivity index (χ0) is 13.5. The molecule has 0 radical (unpaired) electrons. The Kier molecular flexibility index (Phi) is 6.66. The first-order valence-corrected chi connectivity index (χ1v) is 8.74. The monoisotopic (exact) mass is 266 g/mol. The van der Waals surface area contributed by atoms with Crippen LogP contribution >= 0.6 is 0 Å². The van der Waals surface area contributed by atoms with E-state index in [4.69, 9.17) is 0 Å². The molecule has 0 aromatic carbocycles. The maximum absolute atomic E-state index is 3.70. The summed E-state index contributed by atoms with van der Waals surface area (Å²) >= 11 is 0. The maximum atomic E-state index is 3.70. The van der Waals surface area contributed by atoms with Crippen molar-refractivity contribution in [1.82, 2.24) is 10.2 Å². The molecule has 0 amide bonds. The molecule has 0 spiro atoms. The van der Waals surface area contributed by atoms with Gasteiger partial charge in [0, 0.05) is 18.6 Å². The molecule has 1 N–H and O–H groups in total. The Morgan fingerprint density at radius 1 is 0.947 bits per heavy atom. The van der Waals surface area contributed by atoms with E-state index in [0.29, 0.717) is 0 Å². The number of likely N-dealkylation sites (tertiary alicyclic amines) is 1. The zero-order valence-electron chi connectivity index (χ0n) is 13.2. The predicted octanol–water partition coefficient (Wildman–Crippen LogP) is 3.81. The van der Waals surface area contributed by atoms with E-state index < -0.39 is 0 Å². The minimum absolute atomic E-state index is 0.773. The number of hydrogen-bond donors (Lipinski definition) is 1. The summed E-state index contributed by atoms with van der Waals surface area (Å²) in [7, 11) is 0. The Morgan fingerprint density at radius 3 is 2.32 bits per heavy atom. The molecule has 2 nitrogen and oxygen atoms in total. The van der Waals surface area contributed by atoms with Gasteiger partial charge in [0.05, 0.1) is 0 Å². The van der Waals surface area contributed by atoms with Crippen molar-refractivity contribution in [3.63, 3.8) is 0 Å². The third kappa shape index (κ3) is 5.07. The molecule has 2 rings (SSSR count). The third-order valence-electron chi connectivity index (χ3n) is 4.90. The van der Waals surface area contributed by atoms with E-state index in [1.165, 1.54) is 77.4 Å². The van der Waals surface area contributed by atoms with Gasteiger partial charge < -0.3 is 5.32 Å². The van der Waals surface area contributed by atoms with Crippen LogP contribution in [0.1, 0.15) is 71.6 Å². The van der Waals surface area contributed by atoms with Crippen molar-refractivity contribution in [2.45, 2.75) is 83.7 Å². The number of hydrogen-bond acceptors (Lipinski definition) is 2. The molecule has 1 aliphatic heterocycles. The van der Waals surface area contributed by atoms with Crippen molar-refractivity contribution >= 4 is 0 Å². The average molecular weight is 266 g/mol. The summed E-state index contributed by atoms with van der Waals surface area (Å²) in [5.41, 5.74) is 0. The molecule has 0 aromatic rings. The van der Waals surface area contributed by atoms with E-state index in [-0.39, 0.29) is 0 Å². The highest BCUT2D eigenvalue weighted by Gasteiger charge is 2.28. The summed E-state index contributed by atoms with van der Waals surface area (Å²) < 4.78 is 0. The van der Waals surface area contributed by atoms with Crippen LogP contribution in [0.3, 0.4) is 0 Å². The molecule has 2 aliphatic rings. The van der Waals surface area contributed by atoms with Gasteiger partial charge in [-0.3, -0.25) is 4.90 Å². The van der Waals surface area contributed by atoms with Crippen molar-refractivity contribution < 1.29 is 0 Å². The SMILES string of the molecule is CC(C)CNCC1CCCCN1C1CCCCCC1. The molecular weight excluding hydrogens is 232 g/mol. The van der Waals surface area contributed by atoms with Crippen molar-refractivity contribution in [2.24, 2.45) is 5.92 Å². The zero-order valence-corrected chi connectivity index (χ0v) is 13.2. The highest BCUT2D eigenvalue weighted by Crippen LogP contribution is 2.27. The summed E-state index contributed by atoms with van der Waals surface area (Å²) in [6.45, 7) is 8.36. The largest absolute Gasteiger partial charge is 0.315 e. The highest BCUT2D eigenvalue weighted by molar-refractivity contribution is 4.85. The molecule has 1 atom stereocenters. The fourth-order valence-corrected chi connectivity index (χ4v) is 3.85. The number of piperidine rings is 1. The van der Waals surface area contributed by atoms with Crippen LogP contribution in [0.2, 0.25) is 0 Å². The van der Waals surface area contributed by atoms with Crippen LogP contribution < -0.4 is 5.32 Å². The first kappa shape index (κ1) is 15.3. The highest BCUT2D eigenvalue weighted by atomic mass is 15.2. The molecule has 1 saturated carbocycles. The molecule has 1 aliphatic carbocycles. The van der Waals surface area contributed by atoms with E-state index >= 15 is 0 Å². The van der Waals surface area contributed by atoms with Gasteiger partial charge in [-0.25, -0.2) is 0 Å². The average Bonchev–Trinajstić information content (AvgIpc) is 2.68. The van der Waals surface area contributed by atoms with Crippen LogP contribution in [0.5, 0.6) is 0 Å². The normalized spacial score (nSPS) is 27.6. The molecule has 1 unspecified atom stereocenters. The van der Waals surface area contributed by atoms with Gasteiger partial charge in [0.2, 0.25) is 0 Å². The topological polar surface area (TPSA) is 15.3 Å². The van der Waals surface area contributed by atoms with Gasteiger partial charge in [-0.05, 0) is 44.7 Å². The Hall–Kier alpha value is -0.0800. The molecule has 1 saturated heterocycles. The van der Waals surface area contributed by atoms with Crippen LogP contribution in [0.4, 0.5) is 0 Å². The molecule has 112 valence electrons. The lowest BCUT2D eigenvalue weighted by molar-refractivity contribution is 0.0841. The summed E-state index contributed by atoms with van der Waals surface area (Å²) in [6, 6.07) is 1.71. The van der Waals surface area contributed by atoms with E-state index in [1.807, 2.05) is 0 Å². The second-order valence-corrected chi connectivity index (χ2v) is 7.08. The lowest BCUT2D eigenvalue weighted by Gasteiger charge is -2.41. The van der Waals surface area contributed by atoms with Crippen molar-refractivity contribution in [3.05, 3.63) is 0 Å². The second kappa shape index (κ2) is 8.26. The van der Waals surface area contributed by atoms with Gasteiger partial charge in [-0.2, -0.15) is 0 Å². The van der Waals surface area contributed by atoms with Gasteiger partial charge >= 0.3 is 0 Å². The molecule has 2 heteroatoms. The van der Waals surface area contributed by atoms with E-state index in [2.05, 4.69) is 24.1 Å². The number of nitrogens with one attached hydrogen (secondary N) is 1. The Labute approximate surface area is 120 Å². The van der Waals surface area contributed by atoms with Crippen molar-refractivity contribution in [1.29, 1.82) is 0 Å². The van der Waals surface area contributed by atoms with Crippen LogP contribution in [0, 0.1) is 5.92 Å². The van der Waals surface area contributed by atoms with Crippen molar-refractivity contribution in [2.75, 3.05) is 19.6 Å². The van der Waals surface area contributed by atoms with Crippen LogP contribution in [0.25, 0.3) is 0 Å². The van der Waals surface area contributed by atoms with E-state index in [1.54, 1.807) is 0 Å². The minimum atomic E-state index is 0.773. The lowest BCUT2D eigenvalue weighted by atomic mass is 9.96. The third-order valence-corrected chi connectivity index (χ3v) is 4.90. The molecule has 0 bridgehead atoms. The Bertz CT molecular complexity index is 231.